The van der Waals surface area contributed by atoms with Crippen molar-refractivity contribution in [2.45, 2.75) is 13.8 Å². The number of non-ortho nitro benzene ring substituents is 1. The van der Waals surface area contributed by atoms with Crippen LogP contribution < -0.4 is 0 Å². The normalized spacial score (nSPS) is 10.4. The fourth-order valence-electron chi connectivity index (χ4n) is 1.83. The zero-order valence-corrected chi connectivity index (χ0v) is 12.8. The molecular weight excluding hydrogens is 344 g/mol. The summed E-state index contributed by atoms with van der Waals surface area (Å²) in [6, 6.07) is 4.30. The Labute approximate surface area is 128 Å². The van der Waals surface area contributed by atoms with Crippen molar-refractivity contribution < 1.29 is 19.0 Å². The van der Waals surface area contributed by atoms with Crippen LogP contribution in [0.4, 0.5) is 5.69 Å². The van der Waals surface area contributed by atoms with Gasteiger partial charge in [0.05, 0.1) is 11.5 Å². The number of esters is 1. The summed E-state index contributed by atoms with van der Waals surface area (Å²) < 4.78 is 10.5. The molecular formula is C13H11BrN2O5. The van der Waals surface area contributed by atoms with Crippen molar-refractivity contribution in [3.63, 3.8) is 0 Å². The third-order valence-electron chi connectivity index (χ3n) is 2.71. The van der Waals surface area contributed by atoms with Crippen LogP contribution in [0.5, 0.6) is 0 Å². The minimum Gasteiger partial charge on any atom is -0.462 e. The van der Waals surface area contributed by atoms with Gasteiger partial charge in [0, 0.05) is 22.2 Å². The number of carbonyl (C=O) groups excluding carboxylic acids is 1. The van der Waals surface area contributed by atoms with Gasteiger partial charge in [-0.3, -0.25) is 10.1 Å². The predicted molar refractivity (Wildman–Crippen MR) is 77.0 cm³/mol. The number of nitro benzene ring substituents is 1. The summed E-state index contributed by atoms with van der Waals surface area (Å²) in [6.07, 6.45) is 0. The molecule has 0 N–H and O–H groups in total. The highest BCUT2D eigenvalue weighted by atomic mass is 79.9. The molecule has 0 amide bonds. The average Bonchev–Trinajstić information content (AvgIpc) is 2.80. The molecule has 1 aromatic heterocycles. The number of hydrogen-bond donors (Lipinski definition) is 0. The summed E-state index contributed by atoms with van der Waals surface area (Å²) in [6.45, 7) is 3.47. The maximum Gasteiger partial charge on any atom is 0.344 e. The Balaban J connectivity index is 2.57. The quantitative estimate of drug-likeness (QED) is 0.473. The molecule has 0 aliphatic heterocycles. The summed E-state index contributed by atoms with van der Waals surface area (Å²) in [7, 11) is 0. The van der Waals surface area contributed by atoms with Crippen LogP contribution in [0, 0.1) is 17.0 Å². The highest BCUT2D eigenvalue weighted by molar-refractivity contribution is 9.10. The lowest BCUT2D eigenvalue weighted by atomic mass is 10.1. The van der Waals surface area contributed by atoms with Crippen molar-refractivity contribution in [1.29, 1.82) is 0 Å². The second kappa shape index (κ2) is 6.04. The summed E-state index contributed by atoms with van der Waals surface area (Å²) in [5, 5.41) is 14.7. The van der Waals surface area contributed by atoms with E-state index in [9.17, 15) is 14.9 Å². The van der Waals surface area contributed by atoms with Gasteiger partial charge in [0.2, 0.25) is 0 Å². The molecule has 1 heterocycles. The fraction of sp³-hybridized carbons (Fsp3) is 0.231. The Morgan fingerprint density at radius 3 is 2.81 bits per heavy atom. The smallest absolute Gasteiger partial charge is 0.344 e. The SMILES string of the molecule is CCOC(=O)c1c(-c2cc(Br)cc([N+](=O)[O-])c2)noc1C. The molecule has 0 aliphatic carbocycles. The van der Waals surface area contributed by atoms with Crippen LogP contribution in [0.25, 0.3) is 11.3 Å². The van der Waals surface area contributed by atoms with E-state index in [0.717, 1.165) is 0 Å². The maximum atomic E-state index is 12.0. The largest absolute Gasteiger partial charge is 0.462 e. The number of aromatic nitrogens is 1. The van der Waals surface area contributed by atoms with E-state index in [1.807, 2.05) is 0 Å². The van der Waals surface area contributed by atoms with Crippen molar-refractivity contribution in [2.75, 3.05) is 6.61 Å². The van der Waals surface area contributed by atoms with Gasteiger partial charge in [-0.25, -0.2) is 4.79 Å². The van der Waals surface area contributed by atoms with Gasteiger partial charge in [-0.15, -0.1) is 0 Å². The van der Waals surface area contributed by atoms with Crippen molar-refractivity contribution in [3.8, 4) is 11.3 Å². The van der Waals surface area contributed by atoms with Crippen LogP contribution in [0.2, 0.25) is 0 Å². The Bertz CT molecular complexity index is 711. The van der Waals surface area contributed by atoms with Gasteiger partial charge >= 0.3 is 5.97 Å². The summed E-state index contributed by atoms with van der Waals surface area (Å²) >= 11 is 3.20. The molecule has 0 saturated carbocycles. The minimum atomic E-state index is -0.575. The topological polar surface area (TPSA) is 95.5 Å². The predicted octanol–water partition coefficient (Wildman–Crippen LogP) is 3.50. The van der Waals surface area contributed by atoms with Gasteiger partial charge in [-0.1, -0.05) is 21.1 Å². The molecule has 8 heteroatoms. The number of carbonyl (C=O) groups is 1. The molecule has 0 radical (unpaired) electrons. The minimum absolute atomic E-state index is 0.116. The van der Waals surface area contributed by atoms with Crippen molar-refractivity contribution in [3.05, 3.63) is 44.1 Å². The third-order valence-corrected chi connectivity index (χ3v) is 3.17. The van der Waals surface area contributed by atoms with Crippen LogP contribution in [0.15, 0.2) is 27.2 Å². The lowest BCUT2D eigenvalue weighted by Crippen LogP contribution is -2.06. The summed E-state index contributed by atoms with van der Waals surface area (Å²) in [5.41, 5.74) is 0.672. The number of benzene rings is 1. The Morgan fingerprint density at radius 1 is 1.48 bits per heavy atom. The van der Waals surface area contributed by atoms with Crippen molar-refractivity contribution in [1.82, 2.24) is 5.16 Å². The van der Waals surface area contributed by atoms with Crippen LogP contribution >= 0.6 is 15.9 Å². The van der Waals surface area contributed by atoms with E-state index in [1.165, 1.54) is 12.1 Å². The van der Waals surface area contributed by atoms with E-state index in [0.29, 0.717) is 15.8 Å². The number of ether oxygens (including phenoxy) is 1. The Morgan fingerprint density at radius 2 is 2.19 bits per heavy atom. The molecule has 0 bridgehead atoms. The van der Waals surface area contributed by atoms with Crippen molar-refractivity contribution in [2.24, 2.45) is 0 Å². The van der Waals surface area contributed by atoms with E-state index >= 15 is 0 Å². The molecule has 2 rings (SSSR count). The molecule has 2 aromatic rings. The van der Waals surface area contributed by atoms with E-state index in [2.05, 4.69) is 21.1 Å². The van der Waals surface area contributed by atoms with Gasteiger partial charge in [0.25, 0.3) is 5.69 Å². The Kier molecular flexibility index (Phi) is 4.37. The molecule has 0 saturated heterocycles. The molecule has 0 unspecified atom stereocenters. The number of nitrogens with zero attached hydrogens (tertiary/aromatic N) is 2. The van der Waals surface area contributed by atoms with Crippen LogP contribution in [-0.4, -0.2) is 22.7 Å². The molecule has 0 atom stereocenters. The molecule has 0 aliphatic rings. The molecule has 0 fully saturated rings. The monoisotopic (exact) mass is 354 g/mol. The number of rotatable bonds is 4. The fourth-order valence-corrected chi connectivity index (χ4v) is 2.31. The van der Waals surface area contributed by atoms with Gasteiger partial charge in [-0.2, -0.15) is 0 Å². The highest BCUT2D eigenvalue weighted by Crippen LogP contribution is 2.31. The third kappa shape index (κ3) is 3.10. The second-order valence-corrected chi connectivity index (χ2v) is 5.05. The van der Waals surface area contributed by atoms with Gasteiger partial charge in [-0.05, 0) is 19.9 Å². The standard InChI is InChI=1S/C13H11BrN2O5/c1-3-20-13(17)11-7(2)21-15-12(11)8-4-9(14)6-10(5-8)16(18)19/h4-6H,3H2,1-2H3. The molecule has 21 heavy (non-hydrogen) atoms. The van der Waals surface area contributed by atoms with Gasteiger partial charge < -0.3 is 9.26 Å². The van der Waals surface area contributed by atoms with Gasteiger partial charge in [0.15, 0.2) is 0 Å². The summed E-state index contributed by atoms with van der Waals surface area (Å²) in [5.74, 6) is -0.278. The first kappa shape index (κ1) is 15.2. The number of nitro groups is 1. The van der Waals surface area contributed by atoms with Crippen LogP contribution in [0.1, 0.15) is 23.0 Å². The average molecular weight is 355 g/mol. The van der Waals surface area contributed by atoms with E-state index in [-0.39, 0.29) is 23.6 Å². The van der Waals surface area contributed by atoms with Crippen molar-refractivity contribution >= 4 is 27.6 Å². The zero-order valence-electron chi connectivity index (χ0n) is 11.3. The highest BCUT2D eigenvalue weighted by Gasteiger charge is 2.24. The first-order chi connectivity index (χ1) is 9.93. The molecule has 1 aromatic carbocycles. The first-order valence-corrected chi connectivity index (χ1v) is 6.82. The van der Waals surface area contributed by atoms with Crippen LogP contribution in [0.3, 0.4) is 0 Å². The zero-order chi connectivity index (χ0) is 15.6. The number of hydrogen-bond acceptors (Lipinski definition) is 6. The maximum absolute atomic E-state index is 12.0. The van der Waals surface area contributed by atoms with Crippen LogP contribution in [-0.2, 0) is 4.74 Å². The van der Waals surface area contributed by atoms with E-state index in [1.54, 1.807) is 19.9 Å². The van der Waals surface area contributed by atoms with Gasteiger partial charge in [0.1, 0.15) is 17.0 Å². The Hall–Kier alpha value is -2.22. The molecule has 0 spiro atoms. The molecule has 7 nitrogen and oxygen atoms in total. The summed E-state index contributed by atoms with van der Waals surface area (Å²) in [4.78, 5) is 22.3. The first-order valence-electron chi connectivity index (χ1n) is 6.02. The van der Waals surface area contributed by atoms with E-state index in [4.69, 9.17) is 9.26 Å². The lowest BCUT2D eigenvalue weighted by Gasteiger charge is -2.03. The lowest BCUT2D eigenvalue weighted by molar-refractivity contribution is -0.384. The van der Waals surface area contributed by atoms with E-state index < -0.39 is 10.9 Å². The number of halogens is 1. The number of aryl methyl sites for hydroxylation is 1. The molecule has 110 valence electrons. The second-order valence-electron chi connectivity index (χ2n) is 4.14.